The van der Waals surface area contributed by atoms with Gasteiger partial charge in [-0.05, 0) is 54.4 Å². The fourth-order valence-corrected chi connectivity index (χ4v) is 10.8. The molecule has 9 atom stereocenters. The number of hydrogen-bond acceptors (Lipinski definition) is 14. The zero-order valence-corrected chi connectivity index (χ0v) is 45.7. The van der Waals surface area contributed by atoms with Crippen LogP contribution in [0.3, 0.4) is 0 Å². The molecule has 0 saturated carbocycles. The van der Waals surface area contributed by atoms with E-state index >= 15 is 0 Å². The topological polar surface area (TPSA) is 184 Å². The fourth-order valence-electron chi connectivity index (χ4n) is 9.62. The van der Waals surface area contributed by atoms with Crippen LogP contribution in [0.15, 0.2) is 41.9 Å². The van der Waals surface area contributed by atoms with Crippen molar-refractivity contribution in [3.8, 4) is 0 Å². The number of Topliss-reactive ketones (excluding diaryl/α,β-unsaturated/α-hetero) is 2. The van der Waals surface area contributed by atoms with Gasteiger partial charge >= 0.3 is 5.97 Å². The number of likely N-dealkylation sites (N-methyl/N-ethyl adjacent to an activating group) is 1. The number of ketones is 2. The Bertz CT molecular complexity index is 1840. The summed E-state index contributed by atoms with van der Waals surface area (Å²) in [5.41, 5.74) is 1.14. The van der Waals surface area contributed by atoms with Crippen LogP contribution in [-0.4, -0.2) is 171 Å². The first-order chi connectivity index (χ1) is 34.0. The summed E-state index contributed by atoms with van der Waals surface area (Å²) in [6.07, 6.45) is 3.79. The first-order valence-corrected chi connectivity index (χ1v) is 26.7. The van der Waals surface area contributed by atoms with Crippen LogP contribution < -0.4 is 0 Å². The van der Waals surface area contributed by atoms with Crippen LogP contribution in [0.4, 0.5) is 0 Å². The summed E-state index contributed by atoms with van der Waals surface area (Å²) in [4.78, 5) is 76.1. The van der Waals surface area contributed by atoms with Crippen LogP contribution in [0.1, 0.15) is 110 Å². The molecule has 0 radical (unpaired) electrons. The monoisotopic (exact) mass is 1040 g/mol. The number of halogens is 1. The fraction of sp³-hybridized carbons (Fsp3) is 0.736. The number of carboxylic acid groups (broad SMARTS) is 1. The van der Waals surface area contributed by atoms with E-state index in [2.05, 4.69) is 31.0 Å². The molecule has 1 aliphatic heterocycles. The van der Waals surface area contributed by atoms with E-state index in [4.69, 9.17) is 45.3 Å². The summed E-state index contributed by atoms with van der Waals surface area (Å²) in [7, 11) is 4.94. The zero-order chi connectivity index (χ0) is 52.5. The minimum absolute atomic E-state index is 0.0104. The van der Waals surface area contributed by atoms with E-state index in [-0.39, 0.29) is 92.1 Å². The van der Waals surface area contributed by atoms with E-state index in [1.54, 1.807) is 43.7 Å². The molecule has 0 aliphatic carbocycles. The van der Waals surface area contributed by atoms with Gasteiger partial charge in [-0.25, -0.2) is 9.40 Å². The molecule has 0 spiro atoms. The maximum atomic E-state index is 14.7. The lowest BCUT2D eigenvalue weighted by Crippen LogP contribution is -2.54. The molecule has 3 rings (SSSR count). The maximum Gasteiger partial charge on any atom is 0.305 e. The van der Waals surface area contributed by atoms with Crippen molar-refractivity contribution in [3.63, 3.8) is 0 Å². The van der Waals surface area contributed by atoms with Gasteiger partial charge in [-0.15, -0.1) is 11.3 Å². The van der Waals surface area contributed by atoms with Crippen molar-refractivity contribution in [1.29, 1.82) is 0 Å². The molecule has 2 amide bonds. The molecule has 1 N–H and O–H groups in total. The molecule has 1 aliphatic rings. The zero-order valence-electron chi connectivity index (χ0n) is 44.1. The second kappa shape index (κ2) is 33.4. The molecule has 2 heterocycles. The van der Waals surface area contributed by atoms with Gasteiger partial charge in [0.15, 0.2) is 5.78 Å². The van der Waals surface area contributed by atoms with Gasteiger partial charge in [-0.3, -0.25) is 24.0 Å². The van der Waals surface area contributed by atoms with Crippen molar-refractivity contribution in [2.45, 2.75) is 136 Å². The minimum atomic E-state index is -0.905. The number of methoxy groups -OCH3 is 2. The molecule has 0 bridgehead atoms. The minimum Gasteiger partial charge on any atom is -0.481 e. The van der Waals surface area contributed by atoms with Crippen molar-refractivity contribution in [2.24, 2.45) is 29.6 Å². The van der Waals surface area contributed by atoms with Crippen LogP contribution in [0.25, 0.3) is 0 Å². The average Bonchev–Trinajstić information content (AvgIpc) is 4.07. The number of aromatic nitrogens is 1. The van der Waals surface area contributed by atoms with E-state index < -0.39 is 42.1 Å². The summed E-state index contributed by atoms with van der Waals surface area (Å²) >= 11 is 8.34. The Morgan fingerprint density at radius 2 is 1.45 bits per heavy atom. The molecule has 18 heteroatoms. The van der Waals surface area contributed by atoms with Gasteiger partial charge < -0.3 is 43.3 Å². The number of ether oxygens (including phenoxy) is 6. The number of rotatable bonds is 38. The summed E-state index contributed by atoms with van der Waals surface area (Å²) in [5.74, 6) is -2.84. The van der Waals surface area contributed by atoms with Crippen molar-refractivity contribution in [3.05, 3.63) is 52.5 Å². The number of nitrogens with zero attached hydrogens (tertiary/aromatic N) is 4. The normalized spacial score (nSPS) is 17.5. The van der Waals surface area contributed by atoms with Gasteiger partial charge in [0.2, 0.25) is 11.8 Å². The second-order valence-electron chi connectivity index (χ2n) is 19.4. The SMILES string of the molecule is CC[C@H](C)[C@@H]([C@@H](CC(=O)N1CCC[C@H]1[C@H](OC)[C@@H](C)C(=O)C[C@@H](Cc1ccccc1)c1nccs1)OC)N(C)C(=O)[C@@H](CC(=O)[C@H](C(C)C)N(Cl)CCOCCOCCOCCOCCC(=O)O)C(C)C. The molecule has 16 nitrogen and oxygen atoms in total. The van der Waals surface area contributed by atoms with Crippen molar-refractivity contribution in [1.82, 2.24) is 19.2 Å². The standard InChI is InChI=1S/C53H85ClN4O12S/c1-11-38(6)50(56(8)53(64)42(36(2)3)34-45(60)49(37(4)5)58(54)22-24-68-26-28-70-30-29-69-27-25-67-23-19-48(62)63)46(65-9)35-47(61)57-21-15-18-43(57)51(66-10)39(7)44(59)33-41(52-55-20-31-71-52)32-40-16-13-12-14-17-40/h12-14,16-17,20,31,36-39,41-43,46,49-51H,11,15,18-19,21-30,32-35H2,1-10H3,(H,62,63)/t38-,39-,41+,42-,43-,46+,49-,50-,51+/m0/s1. The molecule has 1 saturated heterocycles. The van der Waals surface area contributed by atoms with Crippen LogP contribution in [0.5, 0.6) is 0 Å². The van der Waals surface area contributed by atoms with Crippen molar-refractivity contribution in [2.75, 3.05) is 87.2 Å². The Morgan fingerprint density at radius 3 is 1.99 bits per heavy atom. The van der Waals surface area contributed by atoms with E-state index in [0.717, 1.165) is 23.4 Å². The molecule has 402 valence electrons. The molecular weight excluding hydrogens is 952 g/mol. The Morgan fingerprint density at radius 1 is 0.831 bits per heavy atom. The third-order valence-electron chi connectivity index (χ3n) is 13.8. The highest BCUT2D eigenvalue weighted by Crippen LogP contribution is 2.34. The largest absolute Gasteiger partial charge is 0.481 e. The lowest BCUT2D eigenvalue weighted by molar-refractivity contribution is -0.149. The second-order valence-corrected chi connectivity index (χ2v) is 20.8. The van der Waals surface area contributed by atoms with Crippen LogP contribution in [-0.2, 0) is 58.8 Å². The van der Waals surface area contributed by atoms with Crippen LogP contribution in [0, 0.1) is 29.6 Å². The highest BCUT2D eigenvalue weighted by Gasteiger charge is 2.43. The third kappa shape index (κ3) is 20.4. The van der Waals surface area contributed by atoms with Gasteiger partial charge in [-0.2, -0.15) is 0 Å². The molecular formula is C53H85ClN4O12S. The lowest BCUT2D eigenvalue weighted by Gasteiger charge is -2.41. The molecule has 1 aromatic heterocycles. The Labute approximate surface area is 432 Å². The smallest absolute Gasteiger partial charge is 0.305 e. The van der Waals surface area contributed by atoms with E-state index in [1.807, 2.05) is 63.1 Å². The quantitative estimate of drug-likeness (QED) is 0.0512. The Balaban J connectivity index is 1.61. The van der Waals surface area contributed by atoms with E-state index in [9.17, 15) is 24.0 Å². The van der Waals surface area contributed by atoms with Crippen LogP contribution >= 0.6 is 23.1 Å². The summed E-state index contributed by atoms with van der Waals surface area (Å²) in [6.45, 7) is 17.0. The first-order valence-electron chi connectivity index (χ1n) is 25.5. The lowest BCUT2D eigenvalue weighted by atomic mass is 9.83. The number of carbonyl (C=O) groups is 5. The third-order valence-corrected chi connectivity index (χ3v) is 15.1. The molecule has 1 aromatic carbocycles. The van der Waals surface area contributed by atoms with Crippen LogP contribution in [0.2, 0.25) is 0 Å². The number of aliphatic carboxylic acids is 1. The predicted molar refractivity (Wildman–Crippen MR) is 275 cm³/mol. The molecule has 71 heavy (non-hydrogen) atoms. The first kappa shape index (κ1) is 61.9. The number of carbonyl (C=O) groups excluding carboxylic acids is 4. The van der Waals surface area contributed by atoms with E-state index in [1.165, 1.54) is 4.42 Å². The van der Waals surface area contributed by atoms with Crippen molar-refractivity contribution >= 4 is 52.5 Å². The summed E-state index contributed by atoms with van der Waals surface area (Å²) in [6, 6.07) is 8.69. The Hall–Kier alpha value is -3.39. The number of amides is 2. The Kier molecular flexibility index (Phi) is 29.2. The highest BCUT2D eigenvalue weighted by molar-refractivity contribution is 7.09. The summed E-state index contributed by atoms with van der Waals surface area (Å²) < 4.78 is 35.6. The predicted octanol–water partition coefficient (Wildman–Crippen LogP) is 7.60. The molecule has 0 unspecified atom stereocenters. The number of thiazole rings is 1. The number of likely N-dealkylation sites (tertiary alicyclic amines) is 1. The summed E-state index contributed by atoms with van der Waals surface area (Å²) in [5, 5.41) is 11.5. The van der Waals surface area contributed by atoms with Gasteiger partial charge in [0.1, 0.15) is 5.78 Å². The molecule has 2 aromatic rings. The van der Waals surface area contributed by atoms with Gasteiger partial charge in [0.25, 0.3) is 0 Å². The van der Waals surface area contributed by atoms with Crippen molar-refractivity contribution < 1.29 is 57.5 Å². The highest BCUT2D eigenvalue weighted by atomic mass is 35.5. The average molecular weight is 1040 g/mol. The van der Waals surface area contributed by atoms with E-state index in [0.29, 0.717) is 65.4 Å². The van der Waals surface area contributed by atoms with Gasteiger partial charge in [-0.1, -0.05) is 85.2 Å². The number of hydrogen-bond donors (Lipinski definition) is 1. The van der Waals surface area contributed by atoms with Gasteiger partial charge in [0, 0.05) is 76.5 Å². The number of carboxylic acids is 1. The van der Waals surface area contributed by atoms with Gasteiger partial charge in [0.05, 0.1) is 101 Å². The molecule has 1 fully saturated rings. The maximum absolute atomic E-state index is 14.7. The number of benzene rings is 1.